The van der Waals surface area contributed by atoms with Gasteiger partial charge in [0.15, 0.2) is 11.6 Å². The van der Waals surface area contributed by atoms with Crippen LogP contribution in [-0.2, 0) is 23.9 Å². The molecule has 0 spiro atoms. The molecule has 4 aliphatic rings. The van der Waals surface area contributed by atoms with Gasteiger partial charge in [-0.1, -0.05) is 39.8 Å². The van der Waals surface area contributed by atoms with Crippen molar-refractivity contribution in [1.82, 2.24) is 0 Å². The Morgan fingerprint density at radius 2 is 1.83 bits per heavy atom. The van der Waals surface area contributed by atoms with Gasteiger partial charge >= 0.3 is 5.97 Å². The van der Waals surface area contributed by atoms with E-state index in [0.717, 1.165) is 42.4 Å². The van der Waals surface area contributed by atoms with E-state index in [1.54, 1.807) is 0 Å². The molecule has 0 aromatic carbocycles. The molecule has 0 N–H and O–H groups in total. The summed E-state index contributed by atoms with van der Waals surface area (Å²) in [5, 5.41) is 0. The molecule has 0 aromatic heterocycles. The van der Waals surface area contributed by atoms with Crippen molar-refractivity contribution in [3.63, 3.8) is 0 Å². The lowest BCUT2D eigenvalue weighted by molar-refractivity contribution is -0.143. The molecule has 192 valence electrons. The molecule has 0 saturated heterocycles. The van der Waals surface area contributed by atoms with Crippen LogP contribution in [0.15, 0.2) is 23.3 Å². The van der Waals surface area contributed by atoms with Gasteiger partial charge in [-0.2, -0.15) is 0 Å². The molecule has 8 atom stereocenters. The summed E-state index contributed by atoms with van der Waals surface area (Å²) in [5.74, 6) is 0.522. The standard InChI is InChI=1S/C30H42O5/c1-16(18(3)28(34)35-7)8-9-17(2)20-10-11-21-26-24(32)14-22-19(4)23(31)12-13-29(22,5)27(26)25(33)15-30(20,21)6/h17-22H,1,8-15H2,2-7H3. The Labute approximate surface area is 210 Å². The van der Waals surface area contributed by atoms with Crippen LogP contribution in [0.4, 0.5) is 0 Å². The molecule has 2 saturated carbocycles. The maximum Gasteiger partial charge on any atom is 0.312 e. The Bertz CT molecular complexity index is 1000. The molecular weight excluding hydrogens is 440 g/mol. The number of esters is 1. The molecule has 2 fully saturated rings. The van der Waals surface area contributed by atoms with Gasteiger partial charge in [0.2, 0.25) is 0 Å². The Morgan fingerprint density at radius 3 is 2.49 bits per heavy atom. The summed E-state index contributed by atoms with van der Waals surface area (Å²) in [4.78, 5) is 51.8. The number of ketones is 3. The summed E-state index contributed by atoms with van der Waals surface area (Å²) < 4.78 is 4.86. The number of ether oxygens (including phenoxy) is 1. The second kappa shape index (κ2) is 9.12. The topological polar surface area (TPSA) is 77.5 Å². The van der Waals surface area contributed by atoms with Crippen molar-refractivity contribution in [3.8, 4) is 0 Å². The van der Waals surface area contributed by atoms with Gasteiger partial charge < -0.3 is 4.74 Å². The number of fused-ring (bicyclic) bond motifs is 4. The van der Waals surface area contributed by atoms with Crippen LogP contribution in [0.2, 0.25) is 0 Å². The Balaban J connectivity index is 1.59. The smallest absolute Gasteiger partial charge is 0.312 e. The van der Waals surface area contributed by atoms with Gasteiger partial charge in [0.05, 0.1) is 13.0 Å². The zero-order chi connectivity index (χ0) is 25.9. The summed E-state index contributed by atoms with van der Waals surface area (Å²) in [6.45, 7) is 14.5. The van der Waals surface area contributed by atoms with Crippen molar-refractivity contribution in [2.45, 2.75) is 86.0 Å². The lowest BCUT2D eigenvalue weighted by Gasteiger charge is -2.53. The van der Waals surface area contributed by atoms with Gasteiger partial charge in [-0.3, -0.25) is 19.2 Å². The lowest BCUT2D eigenvalue weighted by Crippen LogP contribution is -2.53. The highest BCUT2D eigenvalue weighted by Gasteiger charge is 2.61. The highest BCUT2D eigenvalue weighted by Crippen LogP contribution is 2.64. The fourth-order valence-corrected chi connectivity index (χ4v) is 8.41. The highest BCUT2D eigenvalue weighted by molar-refractivity contribution is 6.11. The fraction of sp³-hybridized carbons (Fsp3) is 0.733. The van der Waals surface area contributed by atoms with E-state index in [0.29, 0.717) is 37.5 Å². The quantitative estimate of drug-likeness (QED) is 0.360. The van der Waals surface area contributed by atoms with E-state index in [1.807, 2.05) is 13.8 Å². The minimum Gasteiger partial charge on any atom is -0.469 e. The average molecular weight is 483 g/mol. The van der Waals surface area contributed by atoms with Crippen LogP contribution in [0.25, 0.3) is 0 Å². The number of allylic oxidation sites excluding steroid dienone is 2. The third kappa shape index (κ3) is 3.97. The Morgan fingerprint density at radius 1 is 1.14 bits per heavy atom. The van der Waals surface area contributed by atoms with Crippen molar-refractivity contribution in [2.24, 2.45) is 46.3 Å². The molecule has 5 nitrogen and oxygen atoms in total. The monoisotopic (exact) mass is 482 g/mol. The van der Waals surface area contributed by atoms with Crippen molar-refractivity contribution in [3.05, 3.63) is 23.3 Å². The third-order valence-corrected chi connectivity index (χ3v) is 10.7. The number of methoxy groups -OCH3 is 1. The van der Waals surface area contributed by atoms with Gasteiger partial charge in [0.25, 0.3) is 0 Å². The van der Waals surface area contributed by atoms with Crippen molar-refractivity contribution < 1.29 is 23.9 Å². The molecule has 5 heteroatoms. The molecule has 4 rings (SSSR count). The first kappa shape index (κ1) is 26.0. The number of carbonyl (C=O) groups is 4. The molecule has 0 bridgehead atoms. The summed E-state index contributed by atoms with van der Waals surface area (Å²) in [6, 6.07) is 0. The molecule has 4 aliphatic carbocycles. The van der Waals surface area contributed by atoms with E-state index in [9.17, 15) is 19.2 Å². The first-order valence-electron chi connectivity index (χ1n) is 13.5. The summed E-state index contributed by atoms with van der Waals surface area (Å²) in [7, 11) is 1.40. The predicted octanol–water partition coefficient (Wildman–Crippen LogP) is 5.66. The zero-order valence-corrected chi connectivity index (χ0v) is 22.4. The number of hydrogen-bond donors (Lipinski definition) is 0. The SMILES string of the molecule is C=C(CCC(C)C1CCC2C3=C(C(=O)CC21C)C1(C)CCC(=O)C(C)C1CC3=O)C(C)C(=O)OC. The molecule has 0 heterocycles. The van der Waals surface area contributed by atoms with Crippen LogP contribution < -0.4 is 0 Å². The maximum atomic E-state index is 13.8. The summed E-state index contributed by atoms with van der Waals surface area (Å²) >= 11 is 0. The van der Waals surface area contributed by atoms with Crippen LogP contribution in [0, 0.1) is 46.3 Å². The normalized spacial score (nSPS) is 38.4. The van der Waals surface area contributed by atoms with Crippen LogP contribution in [0.1, 0.15) is 86.0 Å². The lowest BCUT2D eigenvalue weighted by atomic mass is 9.48. The number of hydrogen-bond acceptors (Lipinski definition) is 5. The first-order valence-corrected chi connectivity index (χ1v) is 13.5. The first-order chi connectivity index (χ1) is 16.4. The van der Waals surface area contributed by atoms with Crippen LogP contribution in [0.5, 0.6) is 0 Å². The molecule has 0 aliphatic heterocycles. The number of carbonyl (C=O) groups excluding carboxylic acids is 4. The Hall–Kier alpha value is -2.04. The van der Waals surface area contributed by atoms with Gasteiger partial charge in [-0.25, -0.2) is 0 Å². The van der Waals surface area contributed by atoms with Gasteiger partial charge in [-0.15, -0.1) is 0 Å². The molecule has 0 aromatic rings. The van der Waals surface area contributed by atoms with Gasteiger partial charge in [0.1, 0.15) is 5.78 Å². The maximum absolute atomic E-state index is 13.8. The third-order valence-electron chi connectivity index (χ3n) is 10.7. The van der Waals surface area contributed by atoms with E-state index in [1.165, 1.54) is 7.11 Å². The van der Waals surface area contributed by atoms with Gasteiger partial charge in [0, 0.05) is 41.7 Å². The highest BCUT2D eigenvalue weighted by atomic mass is 16.5. The van der Waals surface area contributed by atoms with Crippen LogP contribution in [-0.4, -0.2) is 30.4 Å². The summed E-state index contributed by atoms with van der Waals surface area (Å²) in [6.07, 6.45) is 5.68. The van der Waals surface area contributed by atoms with Crippen molar-refractivity contribution in [2.75, 3.05) is 7.11 Å². The van der Waals surface area contributed by atoms with E-state index in [4.69, 9.17) is 4.74 Å². The number of Topliss-reactive ketones (excluding diaryl/α,β-unsaturated/α-hetero) is 3. The second-order valence-electron chi connectivity index (χ2n) is 12.5. The molecule has 35 heavy (non-hydrogen) atoms. The van der Waals surface area contributed by atoms with E-state index < -0.39 is 0 Å². The predicted molar refractivity (Wildman–Crippen MR) is 134 cm³/mol. The molecular formula is C30H42O5. The molecule has 8 unspecified atom stereocenters. The van der Waals surface area contributed by atoms with E-state index in [2.05, 4.69) is 27.4 Å². The largest absolute Gasteiger partial charge is 0.469 e. The van der Waals surface area contributed by atoms with E-state index >= 15 is 0 Å². The number of rotatable bonds is 6. The van der Waals surface area contributed by atoms with Crippen molar-refractivity contribution >= 4 is 23.3 Å². The van der Waals surface area contributed by atoms with E-state index in [-0.39, 0.29) is 57.8 Å². The van der Waals surface area contributed by atoms with Gasteiger partial charge in [-0.05, 0) is 68.1 Å². The minimum atomic E-state index is -0.361. The van der Waals surface area contributed by atoms with Crippen molar-refractivity contribution in [1.29, 1.82) is 0 Å². The molecule has 0 amide bonds. The fourth-order valence-electron chi connectivity index (χ4n) is 8.41. The minimum absolute atomic E-state index is 0.0535. The Kier molecular flexibility index (Phi) is 6.78. The van der Waals surface area contributed by atoms with Crippen LogP contribution in [0.3, 0.4) is 0 Å². The zero-order valence-electron chi connectivity index (χ0n) is 22.4. The molecule has 0 radical (unpaired) electrons. The van der Waals surface area contributed by atoms with Crippen LogP contribution >= 0.6 is 0 Å². The summed E-state index contributed by atoms with van der Waals surface area (Å²) in [5.41, 5.74) is 1.91. The second-order valence-corrected chi connectivity index (χ2v) is 12.5. The average Bonchev–Trinajstić information content (AvgIpc) is 3.16.